The molecule has 3 unspecified atom stereocenters. The van der Waals surface area contributed by atoms with Crippen molar-refractivity contribution in [1.29, 1.82) is 0 Å². The Bertz CT molecular complexity index is 1940. The van der Waals surface area contributed by atoms with Gasteiger partial charge in [-0.25, -0.2) is 9.13 Å². The van der Waals surface area contributed by atoms with Crippen LogP contribution in [0.25, 0.3) is 0 Å². The summed E-state index contributed by atoms with van der Waals surface area (Å²) < 4.78 is 68.7. The zero-order valence-electron chi connectivity index (χ0n) is 65.1. The Kier molecular flexibility index (Phi) is 67.8. The van der Waals surface area contributed by atoms with Crippen LogP contribution >= 0.6 is 15.6 Å². The zero-order valence-corrected chi connectivity index (χ0v) is 66.9. The number of carbonyl (C=O) groups is 4. The summed E-state index contributed by atoms with van der Waals surface area (Å²) in [5.74, 6) is 0.959. The van der Waals surface area contributed by atoms with Crippen LogP contribution in [-0.4, -0.2) is 96.7 Å². The van der Waals surface area contributed by atoms with E-state index in [1.54, 1.807) is 0 Å². The molecule has 17 nitrogen and oxygen atoms in total. The molecule has 0 saturated heterocycles. The highest BCUT2D eigenvalue weighted by Crippen LogP contribution is 2.45. The molecule has 99 heavy (non-hydrogen) atoms. The van der Waals surface area contributed by atoms with E-state index in [2.05, 4.69) is 55.4 Å². The van der Waals surface area contributed by atoms with Crippen LogP contribution in [0.15, 0.2) is 0 Å². The highest BCUT2D eigenvalue weighted by molar-refractivity contribution is 7.47. The molecule has 0 aromatic heterocycles. The van der Waals surface area contributed by atoms with Crippen LogP contribution in [0.4, 0.5) is 0 Å². The van der Waals surface area contributed by atoms with Crippen molar-refractivity contribution in [3.8, 4) is 0 Å². The fourth-order valence-electron chi connectivity index (χ4n) is 12.3. The zero-order chi connectivity index (χ0) is 73.1. The molecule has 0 bridgehead atoms. The Hall–Kier alpha value is -1.94. The van der Waals surface area contributed by atoms with Gasteiger partial charge in [0.2, 0.25) is 0 Å². The molecule has 0 rings (SSSR count). The molecule has 0 saturated carbocycles. The lowest BCUT2D eigenvalue weighted by Gasteiger charge is -2.21. The quantitative estimate of drug-likeness (QED) is 0.0222. The first kappa shape index (κ1) is 97.1. The van der Waals surface area contributed by atoms with E-state index < -0.39 is 97.5 Å². The van der Waals surface area contributed by atoms with E-state index in [1.807, 2.05) is 0 Å². The molecule has 19 heteroatoms. The van der Waals surface area contributed by atoms with Gasteiger partial charge in [-0.3, -0.25) is 37.3 Å². The molecule has 0 aromatic rings. The van der Waals surface area contributed by atoms with Crippen LogP contribution in [-0.2, 0) is 65.4 Å². The molecule has 5 atom stereocenters. The van der Waals surface area contributed by atoms with Crippen molar-refractivity contribution in [3.05, 3.63) is 0 Å². The van der Waals surface area contributed by atoms with Crippen LogP contribution in [0.2, 0.25) is 0 Å². The molecular formula is C80H156O17P2. The minimum atomic E-state index is -4.96. The number of phosphoric ester groups is 2. The van der Waals surface area contributed by atoms with Gasteiger partial charge in [0.1, 0.15) is 19.3 Å². The van der Waals surface area contributed by atoms with Crippen LogP contribution in [0, 0.1) is 23.7 Å². The van der Waals surface area contributed by atoms with Crippen molar-refractivity contribution in [3.63, 3.8) is 0 Å². The third-order valence-corrected chi connectivity index (χ3v) is 20.5. The maximum absolute atomic E-state index is 13.1. The third kappa shape index (κ3) is 74.1. The normalized spacial score (nSPS) is 14.1. The molecule has 0 aliphatic heterocycles. The maximum atomic E-state index is 13.1. The van der Waals surface area contributed by atoms with Crippen molar-refractivity contribution >= 4 is 39.5 Å². The predicted molar refractivity (Wildman–Crippen MR) is 404 cm³/mol. The van der Waals surface area contributed by atoms with Crippen LogP contribution in [0.1, 0.15) is 409 Å². The molecule has 0 amide bonds. The van der Waals surface area contributed by atoms with Crippen LogP contribution in [0.3, 0.4) is 0 Å². The Labute approximate surface area is 607 Å². The summed E-state index contributed by atoms with van der Waals surface area (Å²) >= 11 is 0. The molecule has 0 aliphatic rings. The molecular weight excluding hydrogens is 1290 g/mol. The highest BCUT2D eigenvalue weighted by atomic mass is 31.2. The van der Waals surface area contributed by atoms with Gasteiger partial charge in [0.15, 0.2) is 12.2 Å². The smallest absolute Gasteiger partial charge is 0.462 e. The summed E-state index contributed by atoms with van der Waals surface area (Å²) in [7, 11) is -9.92. The summed E-state index contributed by atoms with van der Waals surface area (Å²) in [6.45, 7) is 14.2. The first-order valence-corrected chi connectivity index (χ1v) is 44.2. The van der Waals surface area contributed by atoms with E-state index >= 15 is 0 Å². The van der Waals surface area contributed by atoms with E-state index in [4.69, 9.17) is 37.0 Å². The fraction of sp³-hybridized carbons (Fsp3) is 0.950. The SMILES string of the molecule is CC(C)CCCCCCCCCCCCCCCCCC(=O)OC[C@H](COP(=O)(O)OCC(O)COP(=O)(O)OC[C@@H](COC(=O)CCCCCCCCCC(C)C)OC(=O)CCCCCCCCCCCCCCC(C)C)OC(=O)CCCCCCCCCCCCCCCC(C)C. The number of esters is 4. The molecule has 588 valence electrons. The largest absolute Gasteiger partial charge is 0.472 e. The highest BCUT2D eigenvalue weighted by Gasteiger charge is 2.30. The number of aliphatic hydroxyl groups excluding tert-OH is 1. The average Bonchev–Trinajstić information content (AvgIpc) is 1.42. The maximum Gasteiger partial charge on any atom is 0.472 e. The monoisotopic (exact) mass is 1450 g/mol. The average molecular weight is 1450 g/mol. The van der Waals surface area contributed by atoms with Gasteiger partial charge in [0.05, 0.1) is 26.4 Å². The van der Waals surface area contributed by atoms with Crippen molar-refractivity contribution in [2.45, 2.75) is 427 Å². The first-order valence-electron chi connectivity index (χ1n) is 41.2. The molecule has 0 spiro atoms. The van der Waals surface area contributed by atoms with E-state index in [0.29, 0.717) is 31.6 Å². The molecule has 0 aromatic carbocycles. The first-order chi connectivity index (χ1) is 47.6. The minimum Gasteiger partial charge on any atom is -0.462 e. The lowest BCUT2D eigenvalue weighted by Crippen LogP contribution is -2.30. The summed E-state index contributed by atoms with van der Waals surface area (Å²) in [5.41, 5.74) is 0. The molecule has 0 fully saturated rings. The third-order valence-electron chi connectivity index (χ3n) is 18.6. The van der Waals surface area contributed by atoms with Crippen molar-refractivity contribution < 1.29 is 80.2 Å². The fourth-order valence-corrected chi connectivity index (χ4v) is 13.8. The molecule has 0 aliphatic carbocycles. The van der Waals surface area contributed by atoms with Crippen molar-refractivity contribution in [2.75, 3.05) is 39.6 Å². The lowest BCUT2D eigenvalue weighted by molar-refractivity contribution is -0.161. The van der Waals surface area contributed by atoms with Gasteiger partial charge in [-0.1, -0.05) is 357 Å². The second kappa shape index (κ2) is 69.1. The molecule has 0 heterocycles. The van der Waals surface area contributed by atoms with Gasteiger partial charge in [0.25, 0.3) is 0 Å². The van der Waals surface area contributed by atoms with Crippen molar-refractivity contribution in [1.82, 2.24) is 0 Å². The molecule has 3 N–H and O–H groups in total. The number of rotatable bonds is 77. The van der Waals surface area contributed by atoms with Gasteiger partial charge in [-0.15, -0.1) is 0 Å². The number of hydrogen-bond donors (Lipinski definition) is 3. The standard InChI is InChI=1S/C80H156O17P2/c1-70(2)56-48-40-32-25-19-13-10-9-11-15-22-28-36-44-52-60-77(82)90-66-75(96-79(84)62-54-46-37-29-23-16-12-14-20-26-33-41-49-57-71(3)4)68-94-98(86,87)92-64-74(81)65-93-99(88,89)95-69-76(67-91-78(83)61-53-45-39-31-35-43-51-59-73(7)8)97-80(85)63-55-47-38-30-24-18-17-21-27-34-42-50-58-72(5)6/h70-76,81H,9-69H2,1-8H3,(H,86,87)(H,88,89)/t74?,75-,76-/m1/s1. The lowest BCUT2D eigenvalue weighted by atomic mass is 10.0. The number of ether oxygens (including phenoxy) is 4. The van der Waals surface area contributed by atoms with E-state index in [1.165, 1.54) is 205 Å². The second-order valence-corrected chi connectivity index (χ2v) is 33.6. The van der Waals surface area contributed by atoms with Crippen molar-refractivity contribution in [2.24, 2.45) is 23.7 Å². The van der Waals surface area contributed by atoms with Crippen LogP contribution < -0.4 is 0 Å². The summed E-state index contributed by atoms with van der Waals surface area (Å²) in [5, 5.41) is 10.6. The Morgan fingerprint density at radius 2 is 0.424 bits per heavy atom. The topological polar surface area (TPSA) is 237 Å². The van der Waals surface area contributed by atoms with E-state index in [9.17, 15) is 43.2 Å². The summed E-state index contributed by atoms with van der Waals surface area (Å²) in [6.07, 6.45) is 55.5. The predicted octanol–water partition coefficient (Wildman–Crippen LogP) is 23.6. The van der Waals surface area contributed by atoms with Gasteiger partial charge in [-0.05, 0) is 49.4 Å². The Balaban J connectivity index is 5.25. The van der Waals surface area contributed by atoms with Gasteiger partial charge in [-0.2, -0.15) is 0 Å². The minimum absolute atomic E-state index is 0.106. The Morgan fingerprint density at radius 3 is 0.626 bits per heavy atom. The number of unbranched alkanes of at least 4 members (excludes halogenated alkanes) is 43. The van der Waals surface area contributed by atoms with Gasteiger partial charge in [0, 0.05) is 25.7 Å². The van der Waals surface area contributed by atoms with Gasteiger partial charge >= 0.3 is 39.5 Å². The molecule has 0 radical (unpaired) electrons. The number of hydrogen-bond acceptors (Lipinski definition) is 15. The second-order valence-electron chi connectivity index (χ2n) is 30.7. The summed E-state index contributed by atoms with van der Waals surface area (Å²) in [4.78, 5) is 73.0. The van der Waals surface area contributed by atoms with Crippen LogP contribution in [0.5, 0.6) is 0 Å². The number of carbonyl (C=O) groups excluding carboxylic acids is 4. The van der Waals surface area contributed by atoms with E-state index in [-0.39, 0.29) is 25.7 Å². The summed E-state index contributed by atoms with van der Waals surface area (Å²) in [6, 6.07) is 0. The number of phosphoric acid groups is 2. The van der Waals surface area contributed by atoms with E-state index in [0.717, 1.165) is 114 Å². The Morgan fingerprint density at radius 1 is 0.253 bits per heavy atom. The number of aliphatic hydroxyl groups is 1. The van der Waals surface area contributed by atoms with Gasteiger partial charge < -0.3 is 33.8 Å².